The Kier molecular flexibility index (Phi) is 53.7. The van der Waals surface area contributed by atoms with Gasteiger partial charge in [-0.25, -0.2) is 51.1 Å². The molecule has 1 unspecified atom stereocenters. The number of azide groups is 1. The average Bonchev–Trinajstić information content (AvgIpc) is 1.44. The molecule has 8 N–H and O–H groups in total. The maximum atomic E-state index is 14.4. The van der Waals surface area contributed by atoms with Gasteiger partial charge >= 0.3 is 59.0 Å². The molecule has 0 bridgehead atoms. The summed E-state index contributed by atoms with van der Waals surface area (Å²) >= 11 is 0. The van der Waals surface area contributed by atoms with E-state index in [9.17, 15) is 97.0 Å². The molecule has 5 fully saturated rings. The number of aliphatic hydroxyl groups excluding tert-OH is 1. The van der Waals surface area contributed by atoms with E-state index in [0.29, 0.717) is 56.6 Å². The number of nitrogens with one attached hydrogen (secondary N) is 5. The third-order valence-electron chi connectivity index (χ3n) is 23.0. The van der Waals surface area contributed by atoms with Crippen LogP contribution in [0.2, 0.25) is 0 Å². The maximum absolute atomic E-state index is 14.4. The molecule has 60 heteroatoms. The monoisotopic (exact) mass is 2200 g/mol. The van der Waals surface area contributed by atoms with Gasteiger partial charge in [-0.05, 0) is 108 Å². The second kappa shape index (κ2) is 61.3. The highest BCUT2D eigenvalue weighted by molar-refractivity contribution is 7.47. The molecule has 850 valence electrons. The van der Waals surface area contributed by atoms with Crippen LogP contribution in [0.15, 0.2) is 114 Å². The second-order valence-corrected chi connectivity index (χ2v) is 39.5. The first-order chi connectivity index (χ1) is 70.3. The molecule has 0 saturated carbocycles. The van der Waals surface area contributed by atoms with Crippen LogP contribution in [0.25, 0.3) is 20.1 Å². The minimum Gasteiger partial charge on any atom is -0.394 e. The Morgan fingerprint density at radius 1 is 0.407 bits per heavy atom. The van der Waals surface area contributed by atoms with Crippen LogP contribution in [0.1, 0.15) is 175 Å². The van der Waals surface area contributed by atoms with E-state index in [1.165, 1.54) is 12.4 Å². The van der Waals surface area contributed by atoms with Crippen molar-refractivity contribution in [2.45, 2.75) is 315 Å². The van der Waals surface area contributed by atoms with Gasteiger partial charge < -0.3 is 105 Å². The van der Waals surface area contributed by atoms with Gasteiger partial charge in [-0.3, -0.25) is 71.7 Å². The van der Waals surface area contributed by atoms with Crippen LogP contribution in [-0.4, -0.2) is 315 Å². The van der Waals surface area contributed by atoms with E-state index in [4.69, 9.17) is 85.3 Å². The van der Waals surface area contributed by atoms with Crippen molar-refractivity contribution in [2.75, 3.05) is 108 Å². The van der Waals surface area contributed by atoms with Crippen LogP contribution in [0, 0.1) is 30.9 Å². The SMILES string of the molecule is CC[C@H]1O[C@@H](n2ccc(=O)[nH]c2=O)[C@H](OC(F)(F)COC)[C@@H]1C.CC[C@H]1O[C@@H](n2ccc(=O)[nH]c2=O)[C@H](OC(F)(F)COC)[C@@H]1N.CC[C@H]1O[C@@H](n2ccc(=O)[nH]c2=O)[C@H](OC(F)(F)COC)[C@@H]1N=[N+]=[N-].COCC(F)(F)O[C@@H]1[C@H](C)[C@@H](CO)O[C@H]1n1ccc(=O)[nH]c1=O.[C-]#[N+]CCOP(N(C(C)C)C(C)C)N(C(C)C)C(C)C.[C-]#[N+]CCOP(OC[C@H]1O[C@@H](n2ccc(=O)[nH]c2=O)[C@H](OC(F)(F)COC)[C@@H]1C)N(C(C)C)C(C)C. The zero-order valence-electron chi connectivity index (χ0n) is 87.6. The highest BCUT2D eigenvalue weighted by atomic mass is 31.2. The zero-order valence-corrected chi connectivity index (χ0v) is 89.4. The van der Waals surface area contributed by atoms with Crippen molar-refractivity contribution in [3.8, 4) is 0 Å². The number of hydrogen-bond donors (Lipinski definition) is 7. The highest BCUT2D eigenvalue weighted by Gasteiger charge is 2.56. The third kappa shape index (κ3) is 38.2. The Morgan fingerprint density at radius 2 is 0.667 bits per heavy atom. The lowest BCUT2D eigenvalue weighted by molar-refractivity contribution is -0.296. The Bertz CT molecular complexity index is 5400. The Balaban J connectivity index is 0.000000320. The van der Waals surface area contributed by atoms with E-state index < -0.39 is 253 Å². The van der Waals surface area contributed by atoms with Crippen molar-refractivity contribution in [3.05, 3.63) is 199 Å². The predicted octanol–water partition coefficient (Wildman–Crippen LogP) is 9.11. The van der Waals surface area contributed by atoms with Gasteiger partial charge in [0.2, 0.25) is 13.1 Å². The molecule has 0 aliphatic carbocycles. The molecular weight excluding hydrogens is 2060 g/mol. The normalized spacial score (nSPS) is 24.7. The average molecular weight is 2210 g/mol. The number of nitrogens with zero attached hydrogens (tertiary/aromatic N) is 13. The van der Waals surface area contributed by atoms with Gasteiger partial charge in [0, 0.05) is 156 Å². The summed E-state index contributed by atoms with van der Waals surface area (Å²) in [4.78, 5) is 136. The Morgan fingerprint density at radius 3 is 0.953 bits per heavy atom. The van der Waals surface area contributed by atoms with Crippen molar-refractivity contribution >= 4 is 17.0 Å². The van der Waals surface area contributed by atoms with E-state index in [1.54, 1.807) is 34.6 Å². The van der Waals surface area contributed by atoms with Crippen molar-refractivity contribution in [2.24, 2.45) is 28.6 Å². The van der Waals surface area contributed by atoms with E-state index in [1.807, 2.05) is 54.2 Å². The first-order valence-corrected chi connectivity index (χ1v) is 50.1. The number of H-pyrrole nitrogens is 5. The number of halogens is 10. The number of nitrogens with two attached hydrogens (primary N) is 1. The summed E-state index contributed by atoms with van der Waals surface area (Å²) in [7, 11) is 3.13. The second-order valence-electron chi connectivity index (χ2n) is 36.4. The van der Waals surface area contributed by atoms with Crippen molar-refractivity contribution in [3.63, 3.8) is 0 Å². The molecule has 10 heterocycles. The first-order valence-electron chi connectivity index (χ1n) is 47.8. The van der Waals surface area contributed by atoms with Gasteiger partial charge in [0.25, 0.3) is 36.3 Å². The van der Waals surface area contributed by atoms with Crippen molar-refractivity contribution in [1.29, 1.82) is 0 Å². The van der Waals surface area contributed by atoms with Crippen LogP contribution < -0.4 is 62.0 Å². The molecule has 0 radical (unpaired) electrons. The molecule has 5 aliphatic heterocycles. The number of aromatic nitrogens is 10. The van der Waals surface area contributed by atoms with Gasteiger partial charge in [0.15, 0.2) is 39.6 Å². The topological polar surface area (TPSA) is 554 Å². The van der Waals surface area contributed by atoms with Crippen LogP contribution in [0.5, 0.6) is 0 Å². The van der Waals surface area contributed by atoms with E-state index in [0.717, 1.165) is 107 Å². The number of ether oxygens (including phenoxy) is 15. The van der Waals surface area contributed by atoms with Crippen LogP contribution in [0.3, 0.4) is 0 Å². The van der Waals surface area contributed by atoms with Gasteiger partial charge in [0.05, 0.1) is 55.8 Å². The van der Waals surface area contributed by atoms with Gasteiger partial charge in [-0.15, -0.1) is 0 Å². The summed E-state index contributed by atoms with van der Waals surface area (Å²) < 4.78 is 244. The van der Waals surface area contributed by atoms with E-state index in [-0.39, 0.29) is 43.9 Å². The number of rotatable bonds is 48. The standard InChI is InChI=1S/C22H35F2N4O7P.C15H32N3OP.C14H20F2N2O5.C13H17F2N5O5.C13H19F2N3O5.C13H18F2N2O6/c1-14(2)28(15(3)4)36(32-11-9-25-6)33-12-17-16(5)19(35-22(23,24)13-31-7)20(34-17)27-10-8-18(29)26-21(27)30;1-12(2)17(13(3)4)20(19-11-10-16-9)18(14(5)6)15(7)8;1-4-9-8(2)11(23-14(15,16)7-21-3)12(22-9)18-6-5-10(19)17-13(18)20;1-3-7-9(18-19-16)10(25-13(14,15)6-23-2)11(24-7)20-5-4-8(21)17-12(20)22;1-3-7-9(16)10(23-13(14,15)6-21-2)11(22-7)18-5-4-8(19)17-12(18)20;1-7-8(5-18)22-11(10(7)23-13(14,15)6-21-2)17-4-3-9(19)16-12(17)20/h8,10,14-17,19-20H,9,11-13H2,1-5,7H3,(H,26,29,30);12-15H,10-11H2,1-8H3;5-6,8-9,11-12H,4,7H2,1-3H3,(H,17,19,20);4-5,7,9-11H,3,6H2,1-2H3,(H,17,21,22);4-5,7,9-11H,3,6,16H2,1-2H3,(H,17,19,20);3-4,7-8,10-11,18H,5-6H2,1-2H3,(H,16,19,20)/t16-,17-,19-,20-,36?;;8-,9-,11-,12-;2*7-,9-,10-,11-;7-,8-,10-,11-/m1.1111/s1. The quantitative estimate of drug-likeness (QED) is 0.00363. The Labute approximate surface area is 859 Å². The summed E-state index contributed by atoms with van der Waals surface area (Å²) in [6.45, 7) is 45.9. The van der Waals surface area contributed by atoms with Crippen LogP contribution in [0.4, 0.5) is 43.9 Å². The lowest BCUT2D eigenvalue weighted by Gasteiger charge is -2.45. The van der Waals surface area contributed by atoms with Crippen molar-refractivity contribution in [1.82, 2.24) is 61.8 Å². The van der Waals surface area contributed by atoms with Crippen molar-refractivity contribution < 1.29 is 134 Å². The van der Waals surface area contributed by atoms with Gasteiger partial charge in [0.1, 0.15) is 76.8 Å². The Hall–Kier alpha value is -9.07. The molecule has 10 rings (SSSR count). The smallest absolute Gasteiger partial charge is 0.379 e. The fraction of sp³-hybridized carbons (Fsp3) is 0.756. The number of aliphatic hydroxyl groups is 1. The first kappa shape index (κ1) is 131. The van der Waals surface area contributed by atoms with E-state index in [2.05, 4.69) is 118 Å². The zero-order chi connectivity index (χ0) is 113. The molecule has 0 amide bonds. The fourth-order valence-electron chi connectivity index (χ4n) is 16.7. The highest BCUT2D eigenvalue weighted by Crippen LogP contribution is 2.52. The molecule has 5 aromatic heterocycles. The molecular formula is C90H141F10N19O29P2. The lowest BCUT2D eigenvalue weighted by atomic mass is 9.98. The minimum atomic E-state index is -3.70. The number of methoxy groups -OCH3 is 5. The van der Waals surface area contributed by atoms with Gasteiger partial charge in [-0.1, -0.05) is 46.7 Å². The molecule has 0 spiro atoms. The largest absolute Gasteiger partial charge is 0.394 e. The number of alkyl halides is 10. The van der Waals surface area contributed by atoms with Gasteiger partial charge in [-0.2, -0.15) is 43.9 Å². The van der Waals surface area contributed by atoms with Crippen LogP contribution in [-0.2, 0) is 84.6 Å². The molecule has 21 atom stereocenters. The molecule has 48 nitrogen and oxygen atoms in total. The summed E-state index contributed by atoms with van der Waals surface area (Å²) in [5, 5.41) is 12.8. The predicted molar refractivity (Wildman–Crippen MR) is 522 cm³/mol. The minimum absolute atomic E-state index is 0.0366. The summed E-state index contributed by atoms with van der Waals surface area (Å²) in [6, 6.07) is 5.28. The molecule has 5 aliphatic rings. The van der Waals surface area contributed by atoms with E-state index >= 15 is 0 Å². The summed E-state index contributed by atoms with van der Waals surface area (Å²) in [5.41, 5.74) is 7.52. The maximum Gasteiger partial charge on any atom is 0.379 e. The molecule has 0 aromatic carbocycles. The lowest BCUT2D eigenvalue weighted by Crippen LogP contribution is -2.47. The van der Waals surface area contributed by atoms with Crippen LogP contribution >= 0.6 is 17.0 Å². The fourth-order valence-corrected chi connectivity index (χ4v) is 20.6. The number of aromatic amines is 5. The molecule has 5 saturated heterocycles. The third-order valence-corrected chi connectivity index (χ3v) is 28.2. The molecule has 150 heavy (non-hydrogen) atoms. The summed E-state index contributed by atoms with van der Waals surface area (Å²) in [5.74, 6) is -1.62. The summed E-state index contributed by atoms with van der Waals surface area (Å²) in [6.07, 6.45) is -26.4. The number of hydrogen-bond acceptors (Lipinski definition) is 34. The molecule has 5 aromatic rings.